The zero-order valence-corrected chi connectivity index (χ0v) is 16.5. The van der Waals surface area contributed by atoms with Crippen LogP contribution in [0.4, 0.5) is 0 Å². The van der Waals surface area contributed by atoms with Crippen molar-refractivity contribution in [1.82, 2.24) is 0 Å². The fraction of sp³-hybridized carbons (Fsp3) is 0.200. The first-order valence-electron chi connectivity index (χ1n) is 9.34. The van der Waals surface area contributed by atoms with Crippen molar-refractivity contribution < 1.29 is 0 Å². The molecule has 5 rings (SSSR count). The summed E-state index contributed by atoms with van der Waals surface area (Å²) in [5.41, 5.74) is 4.48. The van der Waals surface area contributed by atoms with Crippen LogP contribution in [0.25, 0.3) is 32.7 Å². The van der Waals surface area contributed by atoms with E-state index in [0.717, 1.165) is 0 Å². The van der Waals surface area contributed by atoms with E-state index in [1.807, 2.05) is 0 Å². The molecule has 4 aromatic rings. The summed E-state index contributed by atoms with van der Waals surface area (Å²) in [7, 11) is -0.244. The quantitative estimate of drug-likeness (QED) is 0.296. The van der Waals surface area contributed by atoms with E-state index in [4.69, 9.17) is 0 Å². The first-order chi connectivity index (χ1) is 12.5. The molecule has 4 aromatic carbocycles. The highest BCUT2D eigenvalue weighted by atomic mass is 31.1. The first-order valence-corrected chi connectivity index (χ1v) is 10.9. The molecule has 1 heterocycles. The summed E-state index contributed by atoms with van der Waals surface area (Å²) in [6.45, 7) is 7.22. The fourth-order valence-corrected chi connectivity index (χ4v) is 7.07. The molecule has 1 unspecified atom stereocenters. The van der Waals surface area contributed by atoms with Crippen LogP contribution in [-0.2, 0) is 6.16 Å². The molecule has 0 aliphatic carbocycles. The van der Waals surface area contributed by atoms with E-state index in [1.54, 1.807) is 5.30 Å². The van der Waals surface area contributed by atoms with Gasteiger partial charge in [-0.1, -0.05) is 101 Å². The maximum absolute atomic E-state index is 2.42. The molecule has 0 N–H and O–H groups in total. The Bertz CT molecular complexity index is 1150. The van der Waals surface area contributed by atoms with Crippen LogP contribution in [0.2, 0.25) is 0 Å². The van der Waals surface area contributed by atoms with Gasteiger partial charge in [0.2, 0.25) is 0 Å². The molecule has 0 saturated carbocycles. The SMILES string of the molecule is CC(C)(C)P1Cc2ccc3ccccc3c2-c2c1ccc1ccccc21. The molecule has 0 aromatic heterocycles. The van der Waals surface area contributed by atoms with E-state index in [-0.39, 0.29) is 7.92 Å². The van der Waals surface area contributed by atoms with Gasteiger partial charge >= 0.3 is 0 Å². The lowest BCUT2D eigenvalue weighted by molar-refractivity contribution is 0.785. The smallest absolute Gasteiger partial charge is 0.00189 e. The molecular formula is C25H23P. The first kappa shape index (κ1) is 16.0. The molecule has 1 aliphatic rings. The molecule has 0 spiro atoms. The van der Waals surface area contributed by atoms with Crippen molar-refractivity contribution in [2.24, 2.45) is 0 Å². The highest BCUT2D eigenvalue weighted by molar-refractivity contribution is 7.66. The van der Waals surface area contributed by atoms with Gasteiger partial charge in [-0.2, -0.15) is 0 Å². The summed E-state index contributed by atoms with van der Waals surface area (Å²) in [5.74, 6) is 0. The molecule has 0 radical (unpaired) electrons. The van der Waals surface area contributed by atoms with Crippen molar-refractivity contribution in [3.63, 3.8) is 0 Å². The van der Waals surface area contributed by atoms with Crippen molar-refractivity contribution >= 4 is 34.8 Å². The Morgan fingerprint density at radius 1 is 0.654 bits per heavy atom. The minimum Gasteiger partial charge on any atom is -0.0646 e. The predicted molar refractivity (Wildman–Crippen MR) is 117 cm³/mol. The normalized spacial score (nSPS) is 16.5. The van der Waals surface area contributed by atoms with Crippen molar-refractivity contribution in [3.8, 4) is 11.1 Å². The second-order valence-corrected chi connectivity index (χ2v) is 11.3. The molecule has 128 valence electrons. The van der Waals surface area contributed by atoms with Crippen LogP contribution in [0.3, 0.4) is 0 Å². The summed E-state index contributed by atoms with van der Waals surface area (Å²) < 4.78 is 0. The van der Waals surface area contributed by atoms with E-state index >= 15 is 0 Å². The van der Waals surface area contributed by atoms with E-state index in [1.165, 1.54) is 44.4 Å². The van der Waals surface area contributed by atoms with Crippen LogP contribution < -0.4 is 5.30 Å². The van der Waals surface area contributed by atoms with Gasteiger partial charge in [-0.15, -0.1) is 0 Å². The average molecular weight is 354 g/mol. The van der Waals surface area contributed by atoms with E-state index in [2.05, 4.69) is 93.6 Å². The summed E-state index contributed by atoms with van der Waals surface area (Å²) >= 11 is 0. The molecule has 1 heteroatoms. The Kier molecular flexibility index (Phi) is 3.49. The summed E-state index contributed by atoms with van der Waals surface area (Å²) in [4.78, 5) is 0. The van der Waals surface area contributed by atoms with E-state index < -0.39 is 0 Å². The van der Waals surface area contributed by atoms with Gasteiger partial charge in [0.15, 0.2) is 0 Å². The van der Waals surface area contributed by atoms with Gasteiger partial charge in [-0.25, -0.2) is 0 Å². The van der Waals surface area contributed by atoms with Crippen LogP contribution in [0.15, 0.2) is 72.8 Å². The lowest BCUT2D eigenvalue weighted by Crippen LogP contribution is -2.25. The summed E-state index contributed by atoms with van der Waals surface area (Å²) in [5, 5.41) is 7.36. The van der Waals surface area contributed by atoms with E-state index in [0.29, 0.717) is 5.16 Å². The van der Waals surface area contributed by atoms with Crippen LogP contribution in [0, 0.1) is 0 Å². The maximum Gasteiger partial charge on any atom is -0.00189 e. The molecular weight excluding hydrogens is 331 g/mol. The minimum atomic E-state index is -0.244. The zero-order valence-electron chi connectivity index (χ0n) is 15.6. The van der Waals surface area contributed by atoms with Gasteiger partial charge in [0.05, 0.1) is 0 Å². The number of hydrogen-bond acceptors (Lipinski definition) is 0. The number of hydrogen-bond donors (Lipinski definition) is 0. The van der Waals surface area contributed by atoms with Gasteiger partial charge in [-0.05, 0) is 54.9 Å². The molecule has 0 bridgehead atoms. The van der Waals surface area contributed by atoms with Crippen molar-refractivity contribution in [2.45, 2.75) is 32.1 Å². The Morgan fingerprint density at radius 2 is 1.23 bits per heavy atom. The van der Waals surface area contributed by atoms with Crippen LogP contribution in [-0.4, -0.2) is 5.16 Å². The van der Waals surface area contributed by atoms with E-state index in [9.17, 15) is 0 Å². The minimum absolute atomic E-state index is 0.244. The summed E-state index contributed by atoms with van der Waals surface area (Å²) in [6, 6.07) is 27.2. The van der Waals surface area contributed by atoms with Gasteiger partial charge in [0.25, 0.3) is 0 Å². The average Bonchev–Trinajstić information content (AvgIpc) is 2.65. The topological polar surface area (TPSA) is 0 Å². The third-order valence-corrected chi connectivity index (χ3v) is 8.83. The Morgan fingerprint density at radius 3 is 1.88 bits per heavy atom. The predicted octanol–water partition coefficient (Wildman–Crippen LogP) is 7.08. The highest BCUT2D eigenvalue weighted by Crippen LogP contribution is 2.58. The van der Waals surface area contributed by atoms with Gasteiger partial charge in [0.1, 0.15) is 0 Å². The highest BCUT2D eigenvalue weighted by Gasteiger charge is 2.34. The molecule has 0 fully saturated rings. The Labute approximate surface area is 156 Å². The Balaban J connectivity index is 1.96. The number of rotatable bonds is 0. The lowest BCUT2D eigenvalue weighted by atomic mass is 9.90. The summed E-state index contributed by atoms with van der Waals surface area (Å²) in [6.07, 6.45) is 1.18. The molecule has 1 atom stereocenters. The number of fused-ring (bicyclic) bond motifs is 7. The van der Waals surface area contributed by atoms with Crippen molar-refractivity contribution in [1.29, 1.82) is 0 Å². The lowest BCUT2D eigenvalue weighted by Gasteiger charge is -2.38. The Hall–Kier alpha value is -2.17. The van der Waals surface area contributed by atoms with Crippen LogP contribution in [0.1, 0.15) is 26.3 Å². The standard InChI is InChI=1S/C25H23P/c1-25(2,3)26-16-19-13-12-17-8-4-6-10-20(17)23(19)24-21-11-7-5-9-18(21)14-15-22(24)26/h4-15H,16H2,1-3H3. The fourth-order valence-electron chi connectivity index (χ4n) is 4.35. The van der Waals surface area contributed by atoms with Crippen LogP contribution >= 0.6 is 7.92 Å². The second kappa shape index (κ2) is 5.66. The zero-order chi connectivity index (χ0) is 17.9. The van der Waals surface area contributed by atoms with Gasteiger partial charge in [-0.3, -0.25) is 0 Å². The monoisotopic (exact) mass is 354 g/mol. The molecule has 0 saturated heterocycles. The molecule has 0 nitrogen and oxygen atoms in total. The number of benzene rings is 4. The third-order valence-electron chi connectivity index (χ3n) is 5.60. The largest absolute Gasteiger partial charge is 0.0646 e. The van der Waals surface area contributed by atoms with Crippen molar-refractivity contribution in [3.05, 3.63) is 78.4 Å². The second-order valence-electron chi connectivity index (χ2n) is 8.26. The van der Waals surface area contributed by atoms with Crippen molar-refractivity contribution in [2.75, 3.05) is 0 Å². The van der Waals surface area contributed by atoms with Crippen LogP contribution in [0.5, 0.6) is 0 Å². The maximum atomic E-state index is 2.42. The molecule has 26 heavy (non-hydrogen) atoms. The molecule has 1 aliphatic heterocycles. The van der Waals surface area contributed by atoms with Gasteiger partial charge in [0, 0.05) is 0 Å². The third kappa shape index (κ3) is 2.32. The van der Waals surface area contributed by atoms with Gasteiger partial charge < -0.3 is 0 Å². The molecule has 0 amide bonds.